The van der Waals surface area contributed by atoms with E-state index < -0.39 is 0 Å². The van der Waals surface area contributed by atoms with Crippen molar-refractivity contribution in [3.05, 3.63) is 63.9 Å². The van der Waals surface area contributed by atoms with Gasteiger partial charge in [0.05, 0.1) is 16.4 Å². The van der Waals surface area contributed by atoms with E-state index in [9.17, 15) is 0 Å². The van der Waals surface area contributed by atoms with E-state index in [0.717, 1.165) is 56.8 Å². The van der Waals surface area contributed by atoms with Crippen LogP contribution >= 0.6 is 11.3 Å². The molecule has 32 heavy (non-hydrogen) atoms. The number of nitrogens with two attached hydrogens (primary N) is 2. The van der Waals surface area contributed by atoms with Crippen LogP contribution < -0.4 is 21.6 Å². The number of hydrogen-bond acceptors (Lipinski definition) is 8. The maximum atomic E-state index is 5.83. The molecule has 8 nitrogen and oxygen atoms in total. The number of benzene rings is 1. The normalized spacial score (nSPS) is 14.9. The third-order valence-electron chi connectivity index (χ3n) is 5.89. The van der Waals surface area contributed by atoms with Crippen LogP contribution in [0.2, 0.25) is 0 Å². The molecule has 3 heterocycles. The van der Waals surface area contributed by atoms with Crippen LogP contribution in [0.1, 0.15) is 47.5 Å². The highest BCUT2D eigenvalue weighted by Gasteiger charge is 2.24. The number of rotatable bonds is 8. The summed E-state index contributed by atoms with van der Waals surface area (Å²) < 4.78 is 0. The summed E-state index contributed by atoms with van der Waals surface area (Å²) in [5.74, 6) is 12.3. The lowest BCUT2D eigenvalue weighted by molar-refractivity contribution is 0.497. The number of anilines is 2. The smallest absolute Gasteiger partial charge is 0.225 e. The minimum Gasteiger partial charge on any atom is -0.341 e. The molecule has 0 aliphatic carbocycles. The minimum absolute atomic E-state index is 0.527. The van der Waals surface area contributed by atoms with Gasteiger partial charge in [0.25, 0.3) is 0 Å². The standard InChI is InChI=1S/C23H30N8S/c1-2-17-13-26-23(27-14-17)30-11-9-19(10-12-30)22-29-20(15-32-22)6-3-18-4-7-21(8-5-18)31(25)16-28-24/h4-5,7-8,13-16,19H,2-3,6,9-12,24-25H2,1H3/b28-16-. The molecule has 0 unspecified atom stereocenters. The number of hydrazone groups is 1. The largest absolute Gasteiger partial charge is 0.341 e. The zero-order valence-electron chi connectivity index (χ0n) is 18.4. The van der Waals surface area contributed by atoms with Gasteiger partial charge in [-0.3, -0.25) is 5.01 Å². The number of thiazole rings is 1. The third-order valence-corrected chi connectivity index (χ3v) is 6.95. The number of hydrazine groups is 1. The number of nitrogens with zero attached hydrogens (tertiary/aromatic N) is 6. The van der Waals surface area contributed by atoms with Crippen molar-refractivity contribution < 1.29 is 0 Å². The zero-order chi connectivity index (χ0) is 22.3. The Morgan fingerprint density at radius 1 is 1.12 bits per heavy atom. The maximum absolute atomic E-state index is 5.83. The fraction of sp³-hybridized carbons (Fsp3) is 0.391. The highest BCUT2D eigenvalue weighted by atomic mass is 32.1. The molecular formula is C23H30N8S. The number of aromatic nitrogens is 3. The lowest BCUT2D eigenvalue weighted by Crippen LogP contribution is -2.34. The van der Waals surface area contributed by atoms with Crippen molar-refractivity contribution in [1.82, 2.24) is 15.0 Å². The Labute approximate surface area is 193 Å². The molecule has 1 saturated heterocycles. The number of aryl methyl sites for hydroxylation is 3. The van der Waals surface area contributed by atoms with E-state index in [2.05, 4.69) is 44.4 Å². The van der Waals surface area contributed by atoms with Gasteiger partial charge in [-0.15, -0.1) is 11.3 Å². The van der Waals surface area contributed by atoms with Crippen molar-refractivity contribution in [3.63, 3.8) is 0 Å². The average Bonchev–Trinajstić information content (AvgIpc) is 3.32. The number of piperidine rings is 1. The Balaban J connectivity index is 1.28. The topological polar surface area (TPSA) is 110 Å². The summed E-state index contributed by atoms with van der Waals surface area (Å²) in [7, 11) is 0. The van der Waals surface area contributed by atoms with Gasteiger partial charge in [0.2, 0.25) is 5.95 Å². The lowest BCUT2D eigenvalue weighted by atomic mass is 9.98. The molecule has 1 aromatic carbocycles. The summed E-state index contributed by atoms with van der Waals surface area (Å²) in [5.41, 5.74) is 4.45. The lowest BCUT2D eigenvalue weighted by Gasteiger charge is -2.31. The van der Waals surface area contributed by atoms with E-state index in [1.54, 1.807) is 11.3 Å². The molecule has 2 aromatic heterocycles. The Kier molecular flexibility index (Phi) is 7.28. The van der Waals surface area contributed by atoms with Gasteiger partial charge in [0.15, 0.2) is 0 Å². The second-order valence-corrected chi connectivity index (χ2v) is 8.91. The molecule has 3 aromatic rings. The fourth-order valence-electron chi connectivity index (χ4n) is 3.89. The van der Waals surface area contributed by atoms with Crippen molar-refractivity contribution in [2.24, 2.45) is 16.8 Å². The summed E-state index contributed by atoms with van der Waals surface area (Å²) in [5, 5.41) is 8.31. The molecule has 4 N–H and O–H groups in total. The minimum atomic E-state index is 0.527. The van der Waals surface area contributed by atoms with Crippen molar-refractivity contribution in [2.45, 2.75) is 44.9 Å². The summed E-state index contributed by atoms with van der Waals surface area (Å²) in [4.78, 5) is 16.3. The molecule has 1 fully saturated rings. The molecule has 0 amide bonds. The van der Waals surface area contributed by atoms with Crippen molar-refractivity contribution >= 4 is 29.3 Å². The van der Waals surface area contributed by atoms with E-state index in [1.807, 2.05) is 24.5 Å². The molecule has 168 valence electrons. The molecule has 0 atom stereocenters. The molecule has 0 bridgehead atoms. The van der Waals surface area contributed by atoms with E-state index in [1.165, 1.54) is 33.2 Å². The first-order valence-electron chi connectivity index (χ1n) is 11.0. The zero-order valence-corrected chi connectivity index (χ0v) is 19.2. The quantitative estimate of drug-likeness (QED) is 0.235. The SMILES string of the molecule is CCc1cnc(N2CCC(c3nc(CCc4ccc(N(N)/C=N\N)cc4)cs3)CC2)nc1. The summed E-state index contributed by atoms with van der Waals surface area (Å²) >= 11 is 1.79. The van der Waals surface area contributed by atoms with Crippen LogP contribution in [-0.2, 0) is 19.3 Å². The summed E-state index contributed by atoms with van der Waals surface area (Å²) in [6.07, 6.45) is 10.3. The first kappa shape index (κ1) is 22.2. The predicted molar refractivity (Wildman–Crippen MR) is 131 cm³/mol. The van der Waals surface area contributed by atoms with Gasteiger partial charge in [0, 0.05) is 36.8 Å². The van der Waals surface area contributed by atoms with Gasteiger partial charge in [-0.25, -0.2) is 20.8 Å². The second-order valence-electron chi connectivity index (χ2n) is 8.02. The fourth-order valence-corrected chi connectivity index (χ4v) is 4.92. The van der Waals surface area contributed by atoms with Gasteiger partial charge in [-0.05, 0) is 55.4 Å². The molecule has 0 spiro atoms. The number of hydrogen-bond donors (Lipinski definition) is 2. The first-order chi connectivity index (χ1) is 15.7. The highest BCUT2D eigenvalue weighted by molar-refractivity contribution is 7.09. The van der Waals surface area contributed by atoms with Gasteiger partial charge in [0.1, 0.15) is 6.34 Å². The monoisotopic (exact) mass is 450 g/mol. The molecule has 1 aliphatic heterocycles. The van der Waals surface area contributed by atoms with Crippen LogP contribution in [0.4, 0.5) is 11.6 Å². The summed E-state index contributed by atoms with van der Waals surface area (Å²) in [6.45, 7) is 4.07. The van der Waals surface area contributed by atoms with Crippen LogP contribution in [0.5, 0.6) is 0 Å². The Morgan fingerprint density at radius 2 is 1.84 bits per heavy atom. The van der Waals surface area contributed by atoms with Crippen molar-refractivity contribution in [2.75, 3.05) is 23.0 Å². The first-order valence-corrected chi connectivity index (χ1v) is 11.9. The van der Waals surface area contributed by atoms with Gasteiger partial charge in [-0.1, -0.05) is 19.1 Å². The van der Waals surface area contributed by atoms with Crippen molar-refractivity contribution in [3.8, 4) is 0 Å². The van der Waals surface area contributed by atoms with Gasteiger partial charge < -0.3 is 10.7 Å². The Hall–Kier alpha value is -3.04. The Bertz CT molecular complexity index is 1010. The maximum Gasteiger partial charge on any atom is 0.225 e. The molecule has 4 rings (SSSR count). The Morgan fingerprint density at radius 3 is 2.50 bits per heavy atom. The van der Waals surface area contributed by atoms with Gasteiger partial charge >= 0.3 is 0 Å². The van der Waals surface area contributed by atoms with Gasteiger partial charge in [-0.2, -0.15) is 5.10 Å². The highest BCUT2D eigenvalue weighted by Crippen LogP contribution is 2.31. The van der Waals surface area contributed by atoms with E-state index >= 15 is 0 Å². The van der Waals surface area contributed by atoms with Crippen LogP contribution in [0.15, 0.2) is 47.1 Å². The predicted octanol–water partition coefficient (Wildman–Crippen LogP) is 3.25. The molecule has 0 radical (unpaired) electrons. The van der Waals surface area contributed by atoms with Crippen molar-refractivity contribution in [1.29, 1.82) is 0 Å². The van der Waals surface area contributed by atoms with Crippen LogP contribution in [0.25, 0.3) is 0 Å². The third kappa shape index (κ3) is 5.41. The van der Waals surface area contributed by atoms with E-state index in [-0.39, 0.29) is 0 Å². The molecular weight excluding hydrogens is 420 g/mol. The average molecular weight is 451 g/mol. The van der Waals surface area contributed by atoms with E-state index in [0.29, 0.717) is 5.92 Å². The van der Waals surface area contributed by atoms with Crippen LogP contribution in [0.3, 0.4) is 0 Å². The van der Waals surface area contributed by atoms with Crippen LogP contribution in [-0.4, -0.2) is 34.4 Å². The summed E-state index contributed by atoms with van der Waals surface area (Å²) in [6, 6.07) is 8.10. The van der Waals surface area contributed by atoms with E-state index in [4.69, 9.17) is 16.7 Å². The second kappa shape index (κ2) is 10.5. The molecule has 1 aliphatic rings. The molecule has 9 heteroatoms. The van der Waals surface area contributed by atoms with Crippen LogP contribution in [0, 0.1) is 0 Å². The molecule has 0 saturated carbocycles.